The zero-order valence-electron chi connectivity index (χ0n) is 13.5. The van der Waals surface area contributed by atoms with Crippen LogP contribution in [-0.4, -0.2) is 44.3 Å². The van der Waals surface area contributed by atoms with E-state index < -0.39 is 51.1 Å². The van der Waals surface area contributed by atoms with E-state index in [2.05, 4.69) is 0 Å². The van der Waals surface area contributed by atoms with E-state index in [-0.39, 0.29) is 25.9 Å². The Bertz CT molecular complexity index is 787. The predicted molar refractivity (Wildman–Crippen MR) is 83.1 cm³/mol. The maximum absolute atomic E-state index is 12.8. The van der Waals surface area contributed by atoms with Gasteiger partial charge in [-0.1, -0.05) is 6.07 Å². The zero-order valence-corrected chi connectivity index (χ0v) is 14.3. The highest BCUT2D eigenvalue weighted by Gasteiger charge is 2.35. The molecule has 1 saturated heterocycles. The summed E-state index contributed by atoms with van der Waals surface area (Å²) in [5.74, 6) is -2.05. The largest absolute Gasteiger partial charge is 0.455 e. The highest BCUT2D eigenvalue weighted by molar-refractivity contribution is 7.89. The Morgan fingerprint density at radius 2 is 1.85 bits per heavy atom. The normalized spacial score (nSPS) is 17.0. The molecular formula is C15H17F3N2O5S. The number of hydrogen-bond acceptors (Lipinski definition) is 5. The molecular weight excluding hydrogens is 377 g/mol. The van der Waals surface area contributed by atoms with Crippen molar-refractivity contribution in [2.24, 2.45) is 11.7 Å². The molecule has 144 valence electrons. The second-order valence-corrected chi connectivity index (χ2v) is 7.72. The average molecular weight is 394 g/mol. The van der Waals surface area contributed by atoms with Crippen molar-refractivity contribution >= 4 is 21.9 Å². The molecule has 1 aliphatic rings. The molecule has 0 aliphatic carbocycles. The van der Waals surface area contributed by atoms with Crippen LogP contribution in [-0.2, 0) is 30.5 Å². The molecule has 1 aliphatic heterocycles. The molecule has 11 heteroatoms. The van der Waals surface area contributed by atoms with Crippen molar-refractivity contribution in [1.29, 1.82) is 0 Å². The lowest BCUT2D eigenvalue weighted by atomic mass is 9.98. The molecule has 26 heavy (non-hydrogen) atoms. The molecule has 1 amide bonds. The molecule has 1 aromatic rings. The first-order chi connectivity index (χ1) is 12.0. The molecule has 0 radical (unpaired) electrons. The van der Waals surface area contributed by atoms with Crippen molar-refractivity contribution in [3.63, 3.8) is 0 Å². The molecule has 1 aromatic carbocycles. The van der Waals surface area contributed by atoms with E-state index in [1.54, 1.807) is 0 Å². The van der Waals surface area contributed by atoms with Crippen LogP contribution in [0.4, 0.5) is 13.2 Å². The smallest absolute Gasteiger partial charge is 0.416 e. The third kappa shape index (κ3) is 4.73. The van der Waals surface area contributed by atoms with Crippen LogP contribution >= 0.6 is 0 Å². The number of amides is 1. The summed E-state index contributed by atoms with van der Waals surface area (Å²) in [6.45, 7) is -0.647. The first-order valence-electron chi connectivity index (χ1n) is 7.64. The number of carbonyl (C=O) groups is 2. The lowest BCUT2D eigenvalue weighted by Crippen LogP contribution is -2.41. The van der Waals surface area contributed by atoms with Gasteiger partial charge in [0.15, 0.2) is 6.61 Å². The zero-order chi connectivity index (χ0) is 19.5. The van der Waals surface area contributed by atoms with Gasteiger partial charge in [-0.3, -0.25) is 9.59 Å². The maximum atomic E-state index is 12.8. The number of rotatable bonds is 5. The molecule has 0 saturated carbocycles. The van der Waals surface area contributed by atoms with Gasteiger partial charge < -0.3 is 10.5 Å². The standard InChI is InChI=1S/C15H17F3N2O5S/c16-15(17,18)11-2-1-3-12(8-11)26(23,24)20-6-4-10(5-7-20)14(22)25-9-13(19)21/h1-3,8,10H,4-7,9H2,(H2,19,21). The fourth-order valence-electron chi connectivity index (χ4n) is 2.57. The van der Waals surface area contributed by atoms with Crippen LogP contribution in [0.2, 0.25) is 0 Å². The van der Waals surface area contributed by atoms with Crippen LogP contribution < -0.4 is 5.73 Å². The van der Waals surface area contributed by atoms with Gasteiger partial charge in [-0.05, 0) is 31.0 Å². The molecule has 7 nitrogen and oxygen atoms in total. The van der Waals surface area contributed by atoms with E-state index in [0.29, 0.717) is 6.07 Å². The first-order valence-corrected chi connectivity index (χ1v) is 9.08. The second kappa shape index (κ2) is 7.62. The van der Waals surface area contributed by atoms with Gasteiger partial charge in [-0.15, -0.1) is 0 Å². The fourth-order valence-corrected chi connectivity index (χ4v) is 4.09. The Balaban J connectivity index is 2.06. The van der Waals surface area contributed by atoms with E-state index in [4.69, 9.17) is 10.5 Å². The molecule has 1 fully saturated rings. The Morgan fingerprint density at radius 1 is 1.23 bits per heavy atom. The Hall–Kier alpha value is -2.14. The number of alkyl halides is 3. The molecule has 2 rings (SSSR count). The van der Waals surface area contributed by atoms with Crippen molar-refractivity contribution in [1.82, 2.24) is 4.31 Å². The minimum atomic E-state index is -4.65. The van der Waals surface area contributed by atoms with E-state index in [1.807, 2.05) is 0 Å². The van der Waals surface area contributed by atoms with Gasteiger partial charge in [-0.25, -0.2) is 8.42 Å². The van der Waals surface area contributed by atoms with E-state index in [1.165, 1.54) is 0 Å². The summed E-state index contributed by atoms with van der Waals surface area (Å²) in [6.07, 6.45) is -4.38. The van der Waals surface area contributed by atoms with Gasteiger partial charge >= 0.3 is 12.1 Å². The van der Waals surface area contributed by atoms with E-state index >= 15 is 0 Å². The quantitative estimate of drug-likeness (QED) is 0.754. The van der Waals surface area contributed by atoms with Crippen molar-refractivity contribution < 1.29 is 35.9 Å². The molecule has 0 atom stereocenters. The number of primary amides is 1. The molecule has 0 aromatic heterocycles. The fraction of sp³-hybridized carbons (Fsp3) is 0.467. The summed E-state index contributed by atoms with van der Waals surface area (Å²) in [7, 11) is -4.11. The second-order valence-electron chi connectivity index (χ2n) is 5.78. The van der Waals surface area contributed by atoms with Gasteiger partial charge in [0.1, 0.15) is 0 Å². The summed E-state index contributed by atoms with van der Waals surface area (Å²) in [5, 5.41) is 0. The number of sulfonamides is 1. The minimum Gasteiger partial charge on any atom is -0.455 e. The maximum Gasteiger partial charge on any atom is 0.416 e. The third-order valence-electron chi connectivity index (χ3n) is 3.94. The summed E-state index contributed by atoms with van der Waals surface area (Å²) in [6, 6.07) is 3.50. The monoisotopic (exact) mass is 394 g/mol. The van der Waals surface area contributed by atoms with Crippen LogP contribution in [0.1, 0.15) is 18.4 Å². The van der Waals surface area contributed by atoms with Crippen molar-refractivity contribution in [3.8, 4) is 0 Å². The van der Waals surface area contributed by atoms with Crippen molar-refractivity contribution in [3.05, 3.63) is 29.8 Å². The number of ether oxygens (including phenoxy) is 1. The number of benzene rings is 1. The van der Waals surface area contributed by atoms with Crippen LogP contribution in [0.15, 0.2) is 29.2 Å². The SMILES string of the molecule is NC(=O)COC(=O)C1CCN(S(=O)(=O)c2cccc(C(F)(F)F)c2)CC1. The van der Waals surface area contributed by atoms with E-state index in [9.17, 15) is 31.2 Å². The number of nitrogens with two attached hydrogens (primary N) is 1. The number of esters is 1. The Labute approximate surface area is 148 Å². The number of nitrogens with zero attached hydrogens (tertiary/aromatic N) is 1. The number of piperidine rings is 1. The van der Waals surface area contributed by atoms with Crippen molar-refractivity contribution in [2.75, 3.05) is 19.7 Å². The molecule has 0 bridgehead atoms. The average Bonchev–Trinajstić information content (AvgIpc) is 2.59. The third-order valence-corrected chi connectivity index (χ3v) is 5.84. The van der Waals surface area contributed by atoms with Crippen LogP contribution in [0.3, 0.4) is 0 Å². The summed E-state index contributed by atoms with van der Waals surface area (Å²) < 4.78 is 69.1. The van der Waals surface area contributed by atoms with Crippen LogP contribution in [0, 0.1) is 5.92 Å². The van der Waals surface area contributed by atoms with Crippen LogP contribution in [0.25, 0.3) is 0 Å². The molecule has 2 N–H and O–H groups in total. The number of carbonyl (C=O) groups excluding carboxylic acids is 2. The summed E-state index contributed by atoms with van der Waals surface area (Å²) in [4.78, 5) is 21.9. The Morgan fingerprint density at radius 3 is 2.38 bits per heavy atom. The van der Waals surface area contributed by atoms with Gasteiger partial charge in [0.25, 0.3) is 5.91 Å². The van der Waals surface area contributed by atoms with Gasteiger partial charge in [-0.2, -0.15) is 17.5 Å². The van der Waals surface area contributed by atoms with Crippen LogP contribution in [0.5, 0.6) is 0 Å². The highest BCUT2D eigenvalue weighted by atomic mass is 32.2. The first kappa shape index (κ1) is 20.2. The number of halogens is 3. The lowest BCUT2D eigenvalue weighted by molar-refractivity contribution is -0.153. The predicted octanol–water partition coefficient (Wildman–Crippen LogP) is 1.13. The van der Waals surface area contributed by atoms with E-state index in [0.717, 1.165) is 22.5 Å². The van der Waals surface area contributed by atoms with Gasteiger partial charge in [0.05, 0.1) is 16.4 Å². The number of hydrogen-bond donors (Lipinski definition) is 1. The molecule has 1 heterocycles. The lowest BCUT2D eigenvalue weighted by Gasteiger charge is -2.30. The molecule has 0 spiro atoms. The highest BCUT2D eigenvalue weighted by Crippen LogP contribution is 2.32. The van der Waals surface area contributed by atoms with Gasteiger partial charge in [0, 0.05) is 13.1 Å². The van der Waals surface area contributed by atoms with Crippen molar-refractivity contribution in [2.45, 2.75) is 23.9 Å². The minimum absolute atomic E-state index is 0.0467. The van der Waals surface area contributed by atoms with Gasteiger partial charge in [0.2, 0.25) is 10.0 Å². The topological polar surface area (TPSA) is 107 Å². The summed E-state index contributed by atoms with van der Waals surface area (Å²) >= 11 is 0. The Kier molecular flexibility index (Phi) is 5.91. The summed E-state index contributed by atoms with van der Waals surface area (Å²) in [5.41, 5.74) is 3.82. The molecule has 0 unspecified atom stereocenters.